The number of Topliss-reactive ketones (excluding diaryl/α,β-unsaturated/α-hetero) is 1. The van der Waals surface area contributed by atoms with Crippen molar-refractivity contribution in [2.75, 3.05) is 19.1 Å². The molecule has 0 bridgehead atoms. The SMILES string of the molecule is CC(=O)OCC(=O)[C@@]12OC(C)(C)O[C@@H]1C[C@H]1[C@@H]3[C@@H](OS(C)(=O)=O)[C@@H](OS(C)(=O)=O)C4=CC(=O)CC[C@]4(C)[C@@]3(F)[C@H](O)C[C@@]12C. The number of ether oxygens (including phenoxy) is 3. The first-order valence-electron chi connectivity index (χ1n) is 14.3. The van der Waals surface area contributed by atoms with Crippen LogP contribution in [0.2, 0.25) is 0 Å². The van der Waals surface area contributed by atoms with Crippen LogP contribution in [-0.2, 0) is 57.2 Å². The Bertz CT molecular complexity index is 1540. The van der Waals surface area contributed by atoms with Gasteiger partial charge >= 0.3 is 5.97 Å². The van der Waals surface area contributed by atoms with Crippen LogP contribution in [0.3, 0.4) is 0 Å². The van der Waals surface area contributed by atoms with Crippen LogP contribution in [0.15, 0.2) is 11.6 Å². The zero-order valence-corrected chi connectivity index (χ0v) is 27.3. The van der Waals surface area contributed by atoms with Crippen molar-refractivity contribution >= 4 is 37.8 Å². The Kier molecular flexibility index (Phi) is 7.69. The number of alkyl halides is 1. The van der Waals surface area contributed by atoms with Crippen LogP contribution in [0.1, 0.15) is 60.3 Å². The lowest BCUT2D eigenvalue weighted by molar-refractivity contribution is -0.270. The maximum Gasteiger partial charge on any atom is 0.303 e. The third-order valence-electron chi connectivity index (χ3n) is 10.5. The van der Waals surface area contributed by atoms with Crippen molar-refractivity contribution < 1.29 is 63.3 Å². The largest absolute Gasteiger partial charge is 0.458 e. The molecule has 248 valence electrons. The van der Waals surface area contributed by atoms with Gasteiger partial charge in [-0.3, -0.25) is 22.7 Å². The van der Waals surface area contributed by atoms with E-state index in [1.54, 1.807) is 20.8 Å². The molecule has 1 N–H and O–H groups in total. The number of esters is 1. The molecule has 4 fully saturated rings. The Morgan fingerprint density at radius 2 is 1.70 bits per heavy atom. The zero-order chi connectivity index (χ0) is 33.1. The number of ketones is 2. The van der Waals surface area contributed by atoms with Crippen molar-refractivity contribution in [3.63, 3.8) is 0 Å². The van der Waals surface area contributed by atoms with Gasteiger partial charge in [-0.25, -0.2) is 4.39 Å². The molecule has 0 spiro atoms. The molecule has 10 atom stereocenters. The summed E-state index contributed by atoms with van der Waals surface area (Å²) in [4.78, 5) is 38.3. The molecule has 0 aromatic heterocycles. The summed E-state index contributed by atoms with van der Waals surface area (Å²) in [5.74, 6) is -5.82. The number of aliphatic hydroxyl groups is 1. The Hall–Kier alpha value is -1.82. The average Bonchev–Trinajstić information content (AvgIpc) is 3.26. The summed E-state index contributed by atoms with van der Waals surface area (Å²) in [6.07, 6.45) is -4.80. The van der Waals surface area contributed by atoms with Gasteiger partial charge in [-0.05, 0) is 50.7 Å². The quantitative estimate of drug-likeness (QED) is 0.301. The van der Waals surface area contributed by atoms with Crippen molar-refractivity contribution in [3.8, 4) is 0 Å². The molecule has 0 aromatic carbocycles. The lowest BCUT2D eigenvalue weighted by atomic mass is 9.42. The van der Waals surface area contributed by atoms with Crippen LogP contribution in [0, 0.1) is 22.7 Å². The first-order chi connectivity index (χ1) is 19.9. The summed E-state index contributed by atoms with van der Waals surface area (Å²) in [6.45, 7) is 6.62. The standard InChI is InChI=1S/C28H39FO13S2/c1-14(30)38-13-19(33)28-20(39-24(2,3)42-28)11-16-21-23(41-44(7,36)37)22(40-43(6,34)35)17-10-15(31)8-9-25(17,4)27(21,29)18(32)12-26(16,28)5/h10,16,18,20-23,32H,8-9,11-13H2,1-7H3/t16-,18+,20+,21+,22-,23+,25-,26-,27+,28+/m0/s1. The van der Waals surface area contributed by atoms with Crippen LogP contribution in [0.25, 0.3) is 0 Å². The number of halogens is 1. The molecule has 5 rings (SSSR count). The fraction of sp³-hybridized carbons (Fsp3) is 0.821. The van der Waals surface area contributed by atoms with E-state index in [2.05, 4.69) is 0 Å². The third kappa shape index (κ3) is 4.82. The number of carbonyl (C=O) groups excluding carboxylic acids is 3. The van der Waals surface area contributed by atoms with E-state index in [1.165, 1.54) is 6.92 Å². The average molecular weight is 667 g/mol. The van der Waals surface area contributed by atoms with Gasteiger partial charge in [0.15, 0.2) is 29.4 Å². The summed E-state index contributed by atoms with van der Waals surface area (Å²) in [5.41, 5.74) is -7.88. The van der Waals surface area contributed by atoms with Gasteiger partial charge in [0.05, 0.1) is 24.7 Å². The molecule has 1 saturated heterocycles. The van der Waals surface area contributed by atoms with E-state index in [9.17, 15) is 36.3 Å². The molecule has 1 aliphatic heterocycles. The summed E-state index contributed by atoms with van der Waals surface area (Å²) in [6, 6.07) is 0. The molecule has 0 radical (unpaired) electrons. The number of hydrogen-bond donors (Lipinski definition) is 1. The van der Waals surface area contributed by atoms with E-state index in [4.69, 9.17) is 22.6 Å². The highest BCUT2D eigenvalue weighted by Crippen LogP contribution is 2.73. The highest BCUT2D eigenvalue weighted by Gasteiger charge is 2.82. The molecule has 16 heteroatoms. The normalized spacial score (nSPS) is 44.6. The Balaban J connectivity index is 1.76. The first-order valence-corrected chi connectivity index (χ1v) is 18.0. The Morgan fingerprint density at radius 3 is 2.27 bits per heavy atom. The predicted octanol–water partition coefficient (Wildman–Crippen LogP) is 1.12. The molecule has 0 amide bonds. The fourth-order valence-electron chi connectivity index (χ4n) is 9.02. The molecule has 0 aromatic rings. The topological polar surface area (TPSA) is 186 Å². The summed E-state index contributed by atoms with van der Waals surface area (Å²) in [7, 11) is -8.79. The molecule has 5 aliphatic rings. The number of hydrogen-bond acceptors (Lipinski definition) is 13. The van der Waals surface area contributed by atoms with Crippen LogP contribution in [0.5, 0.6) is 0 Å². The lowest BCUT2D eigenvalue weighted by Gasteiger charge is -2.66. The van der Waals surface area contributed by atoms with Gasteiger partial charge in [0.1, 0.15) is 12.2 Å². The van der Waals surface area contributed by atoms with E-state index in [0.29, 0.717) is 6.26 Å². The second kappa shape index (κ2) is 10.1. The van der Waals surface area contributed by atoms with Gasteiger partial charge in [0, 0.05) is 30.1 Å². The number of carbonyl (C=O) groups is 3. The van der Waals surface area contributed by atoms with E-state index in [0.717, 1.165) is 19.3 Å². The highest BCUT2D eigenvalue weighted by atomic mass is 32.2. The third-order valence-corrected chi connectivity index (χ3v) is 11.6. The Labute approximate surface area is 256 Å². The van der Waals surface area contributed by atoms with Crippen LogP contribution >= 0.6 is 0 Å². The van der Waals surface area contributed by atoms with Gasteiger partial charge in [-0.1, -0.05) is 13.8 Å². The van der Waals surface area contributed by atoms with Crippen LogP contribution < -0.4 is 0 Å². The minimum absolute atomic E-state index is 0.0852. The molecular formula is C28H39FO13S2. The number of fused-ring (bicyclic) bond motifs is 7. The summed E-state index contributed by atoms with van der Waals surface area (Å²) in [5, 5.41) is 11.9. The van der Waals surface area contributed by atoms with Gasteiger partial charge < -0.3 is 19.3 Å². The van der Waals surface area contributed by atoms with Crippen molar-refractivity contribution in [2.45, 2.75) is 102 Å². The highest BCUT2D eigenvalue weighted by molar-refractivity contribution is 7.86. The van der Waals surface area contributed by atoms with Crippen molar-refractivity contribution in [1.29, 1.82) is 0 Å². The minimum Gasteiger partial charge on any atom is -0.458 e. The van der Waals surface area contributed by atoms with E-state index in [-0.39, 0.29) is 31.3 Å². The Morgan fingerprint density at radius 1 is 1.09 bits per heavy atom. The van der Waals surface area contributed by atoms with E-state index >= 15 is 4.39 Å². The zero-order valence-electron chi connectivity index (χ0n) is 25.6. The summed E-state index contributed by atoms with van der Waals surface area (Å²) >= 11 is 0. The van der Waals surface area contributed by atoms with Gasteiger partial charge in [0.2, 0.25) is 5.78 Å². The molecule has 4 aliphatic carbocycles. The van der Waals surface area contributed by atoms with Gasteiger partial charge in [-0.15, -0.1) is 0 Å². The van der Waals surface area contributed by atoms with E-state index < -0.39 is 109 Å². The van der Waals surface area contributed by atoms with Gasteiger partial charge in [-0.2, -0.15) is 16.8 Å². The molecule has 3 saturated carbocycles. The number of rotatable bonds is 7. The van der Waals surface area contributed by atoms with Crippen LogP contribution in [-0.4, -0.2) is 100 Å². The second-order valence-corrected chi connectivity index (χ2v) is 16.9. The van der Waals surface area contributed by atoms with Crippen LogP contribution in [0.4, 0.5) is 4.39 Å². The van der Waals surface area contributed by atoms with Gasteiger partial charge in [0.25, 0.3) is 20.2 Å². The summed E-state index contributed by atoms with van der Waals surface area (Å²) < 4.78 is 97.2. The lowest BCUT2D eigenvalue weighted by Crippen LogP contribution is -2.75. The molecule has 13 nitrogen and oxygen atoms in total. The maximum atomic E-state index is 18.3. The molecule has 0 unspecified atom stereocenters. The smallest absolute Gasteiger partial charge is 0.303 e. The second-order valence-electron chi connectivity index (χ2n) is 13.7. The molecule has 44 heavy (non-hydrogen) atoms. The van der Waals surface area contributed by atoms with Crippen molar-refractivity contribution in [1.82, 2.24) is 0 Å². The van der Waals surface area contributed by atoms with Crippen molar-refractivity contribution in [3.05, 3.63) is 11.6 Å². The minimum atomic E-state index is -4.44. The fourth-order valence-corrected chi connectivity index (χ4v) is 10.2. The van der Waals surface area contributed by atoms with E-state index in [1.807, 2.05) is 0 Å². The first kappa shape index (κ1) is 33.5. The number of aliphatic hydroxyl groups excluding tert-OH is 1. The maximum absolute atomic E-state index is 18.3. The monoisotopic (exact) mass is 666 g/mol. The molecule has 1 heterocycles. The molecular weight excluding hydrogens is 627 g/mol. The predicted molar refractivity (Wildman–Crippen MR) is 148 cm³/mol. The van der Waals surface area contributed by atoms with Crippen molar-refractivity contribution in [2.24, 2.45) is 22.7 Å².